The molecule has 0 aliphatic rings. The number of hydrogen-bond donors (Lipinski definition) is 0. The van der Waals surface area contributed by atoms with Crippen LogP contribution in [0.3, 0.4) is 0 Å². The standard InChI is InChI=1S/C10H23N.Li.H/c1-8(2)7-11(9(3)4)10(5)6;;/h8-10H,7H2,1-6H3;;/q;+1;-1. The van der Waals surface area contributed by atoms with Gasteiger partial charge in [0.2, 0.25) is 0 Å². The van der Waals surface area contributed by atoms with Crippen molar-refractivity contribution in [2.45, 2.75) is 53.6 Å². The third-order valence-corrected chi connectivity index (χ3v) is 1.90. The molecule has 0 unspecified atom stereocenters. The first-order valence-corrected chi connectivity index (χ1v) is 4.70. The van der Waals surface area contributed by atoms with Crippen LogP contribution in [0.5, 0.6) is 0 Å². The van der Waals surface area contributed by atoms with E-state index in [1.165, 1.54) is 6.54 Å². The maximum absolute atomic E-state index is 2.53. The van der Waals surface area contributed by atoms with E-state index in [0.29, 0.717) is 12.1 Å². The first-order valence-electron chi connectivity index (χ1n) is 4.70. The SMILES string of the molecule is CC(C)CN(C(C)C)C(C)C.[H-].[Li+]. The Labute approximate surface area is 91.6 Å². The quantitative estimate of drug-likeness (QED) is 0.525. The Bertz CT molecular complexity index is 97.1. The van der Waals surface area contributed by atoms with Crippen LogP contribution in [0, 0.1) is 5.92 Å². The smallest absolute Gasteiger partial charge is 1.00 e. The maximum atomic E-state index is 2.53. The normalized spacial score (nSPS) is 11.5. The van der Waals surface area contributed by atoms with Gasteiger partial charge in [0.25, 0.3) is 0 Å². The van der Waals surface area contributed by atoms with E-state index in [9.17, 15) is 0 Å². The predicted molar refractivity (Wildman–Crippen MR) is 52.9 cm³/mol. The van der Waals surface area contributed by atoms with Gasteiger partial charge in [-0.2, -0.15) is 0 Å². The van der Waals surface area contributed by atoms with Gasteiger partial charge in [0.15, 0.2) is 0 Å². The van der Waals surface area contributed by atoms with Crippen molar-refractivity contribution in [2.75, 3.05) is 6.54 Å². The van der Waals surface area contributed by atoms with E-state index < -0.39 is 0 Å². The summed E-state index contributed by atoms with van der Waals surface area (Å²) in [5, 5.41) is 0. The summed E-state index contributed by atoms with van der Waals surface area (Å²) in [6.07, 6.45) is 0. The van der Waals surface area contributed by atoms with Gasteiger partial charge in [0.1, 0.15) is 0 Å². The fraction of sp³-hybridized carbons (Fsp3) is 1.00. The van der Waals surface area contributed by atoms with Crippen LogP contribution in [0.15, 0.2) is 0 Å². The first-order chi connectivity index (χ1) is 4.95. The van der Waals surface area contributed by atoms with Gasteiger partial charge in [-0.3, -0.25) is 4.90 Å². The van der Waals surface area contributed by atoms with E-state index in [1.807, 2.05) is 0 Å². The second kappa shape index (κ2) is 7.01. The van der Waals surface area contributed by atoms with Gasteiger partial charge in [-0.15, -0.1) is 0 Å². The molecule has 2 heteroatoms. The molecule has 0 amide bonds. The van der Waals surface area contributed by atoms with Gasteiger partial charge < -0.3 is 1.43 Å². The molecule has 0 atom stereocenters. The van der Waals surface area contributed by atoms with Crippen molar-refractivity contribution >= 4 is 0 Å². The summed E-state index contributed by atoms with van der Waals surface area (Å²) in [4.78, 5) is 2.53. The molecule has 70 valence electrons. The van der Waals surface area contributed by atoms with E-state index in [-0.39, 0.29) is 20.3 Å². The van der Waals surface area contributed by atoms with Crippen LogP contribution in [-0.4, -0.2) is 23.5 Å². The molecule has 0 aromatic carbocycles. The van der Waals surface area contributed by atoms with Crippen LogP contribution in [-0.2, 0) is 0 Å². The Balaban J connectivity index is -0.000000500. The molecule has 0 saturated heterocycles. The van der Waals surface area contributed by atoms with Crippen molar-refractivity contribution < 1.29 is 20.3 Å². The van der Waals surface area contributed by atoms with Crippen LogP contribution in [0.4, 0.5) is 0 Å². The van der Waals surface area contributed by atoms with Gasteiger partial charge in [0.05, 0.1) is 0 Å². The van der Waals surface area contributed by atoms with Crippen LogP contribution >= 0.6 is 0 Å². The Morgan fingerprint density at radius 3 is 1.33 bits per heavy atom. The maximum Gasteiger partial charge on any atom is 1.00 e. The summed E-state index contributed by atoms with van der Waals surface area (Å²) in [7, 11) is 0. The molecule has 0 spiro atoms. The van der Waals surface area contributed by atoms with E-state index in [0.717, 1.165) is 5.92 Å². The molecule has 0 aromatic heterocycles. The zero-order chi connectivity index (χ0) is 9.02. The molecule has 0 heterocycles. The van der Waals surface area contributed by atoms with Crippen LogP contribution < -0.4 is 18.9 Å². The minimum Gasteiger partial charge on any atom is -1.00 e. The number of nitrogens with zero attached hydrogens (tertiary/aromatic N) is 1. The van der Waals surface area contributed by atoms with E-state index in [4.69, 9.17) is 0 Å². The molecule has 0 aliphatic heterocycles. The Morgan fingerprint density at radius 2 is 1.25 bits per heavy atom. The van der Waals surface area contributed by atoms with Crippen LogP contribution in [0.1, 0.15) is 43.0 Å². The van der Waals surface area contributed by atoms with Gasteiger partial charge in [-0.1, -0.05) is 13.8 Å². The Kier molecular flexibility index (Phi) is 8.79. The molecule has 0 fully saturated rings. The van der Waals surface area contributed by atoms with E-state index >= 15 is 0 Å². The van der Waals surface area contributed by atoms with Gasteiger partial charge >= 0.3 is 18.9 Å². The van der Waals surface area contributed by atoms with Crippen molar-refractivity contribution in [3.8, 4) is 0 Å². The summed E-state index contributed by atoms with van der Waals surface area (Å²) in [6, 6.07) is 1.36. The molecule has 0 aliphatic carbocycles. The van der Waals surface area contributed by atoms with Gasteiger partial charge in [-0.25, -0.2) is 0 Å². The zero-order valence-corrected chi connectivity index (χ0v) is 9.89. The molecule has 0 saturated carbocycles. The van der Waals surface area contributed by atoms with Crippen LogP contribution in [0.25, 0.3) is 0 Å². The van der Waals surface area contributed by atoms with Gasteiger partial charge in [0, 0.05) is 18.6 Å². The van der Waals surface area contributed by atoms with Crippen molar-refractivity contribution in [3.63, 3.8) is 0 Å². The fourth-order valence-corrected chi connectivity index (χ4v) is 1.44. The molecule has 0 radical (unpaired) electrons. The predicted octanol–water partition coefficient (Wildman–Crippen LogP) is -0.122. The molecule has 12 heavy (non-hydrogen) atoms. The summed E-state index contributed by atoms with van der Waals surface area (Å²) >= 11 is 0. The average molecular weight is 165 g/mol. The van der Waals surface area contributed by atoms with Gasteiger partial charge in [-0.05, 0) is 33.6 Å². The van der Waals surface area contributed by atoms with Crippen molar-refractivity contribution in [1.29, 1.82) is 0 Å². The molecular formula is C10H24LiN. The van der Waals surface area contributed by atoms with E-state index in [1.54, 1.807) is 0 Å². The molecule has 0 bridgehead atoms. The molecule has 1 nitrogen and oxygen atoms in total. The topological polar surface area (TPSA) is 3.24 Å². The van der Waals surface area contributed by atoms with E-state index in [2.05, 4.69) is 46.4 Å². The van der Waals surface area contributed by atoms with Crippen molar-refractivity contribution in [3.05, 3.63) is 0 Å². The third kappa shape index (κ3) is 6.12. The Morgan fingerprint density at radius 1 is 0.917 bits per heavy atom. The van der Waals surface area contributed by atoms with Crippen LogP contribution in [0.2, 0.25) is 0 Å². The average Bonchev–Trinajstić information content (AvgIpc) is 1.81. The number of hydrogen-bond acceptors (Lipinski definition) is 1. The molecule has 0 rings (SSSR count). The third-order valence-electron chi connectivity index (χ3n) is 1.90. The molecular weight excluding hydrogens is 141 g/mol. The van der Waals surface area contributed by atoms with Crippen molar-refractivity contribution in [2.24, 2.45) is 5.92 Å². The number of rotatable bonds is 4. The zero-order valence-electron chi connectivity index (χ0n) is 10.9. The minimum atomic E-state index is 0. The Hall–Kier alpha value is 0.557. The summed E-state index contributed by atoms with van der Waals surface area (Å²) < 4.78 is 0. The fourth-order valence-electron chi connectivity index (χ4n) is 1.44. The molecule has 0 N–H and O–H groups in total. The monoisotopic (exact) mass is 165 g/mol. The second-order valence-electron chi connectivity index (χ2n) is 4.28. The summed E-state index contributed by atoms with van der Waals surface area (Å²) in [5.41, 5.74) is 0. The minimum absolute atomic E-state index is 0. The first kappa shape index (κ1) is 15.0. The van der Waals surface area contributed by atoms with Crippen molar-refractivity contribution in [1.82, 2.24) is 4.90 Å². The second-order valence-corrected chi connectivity index (χ2v) is 4.28. The largest absolute Gasteiger partial charge is 1.00 e. The molecule has 0 aromatic rings. The summed E-state index contributed by atoms with van der Waals surface area (Å²) in [6.45, 7) is 14.8. The summed E-state index contributed by atoms with van der Waals surface area (Å²) in [5.74, 6) is 0.778.